The molecule has 3 heterocycles. The Kier molecular flexibility index (Phi) is 7.15. The molecule has 10 nitrogen and oxygen atoms in total. The van der Waals surface area contributed by atoms with Crippen molar-refractivity contribution < 1.29 is 28.6 Å². The van der Waals surface area contributed by atoms with Gasteiger partial charge in [0.25, 0.3) is 5.56 Å². The summed E-state index contributed by atoms with van der Waals surface area (Å²) in [5.74, 6) is -1.47. The largest absolute Gasteiger partial charge is 0.465 e. The van der Waals surface area contributed by atoms with Gasteiger partial charge in [0.2, 0.25) is 0 Å². The number of carbonyl (C=O) groups excluding carboxylic acids is 3. The predicted octanol–water partition coefficient (Wildman–Crippen LogP) is 3.09. The number of nitrogen functional groups attached to an aromatic ring is 1. The van der Waals surface area contributed by atoms with Crippen LogP contribution in [0.25, 0.3) is 10.9 Å². The van der Waals surface area contributed by atoms with E-state index in [1.165, 1.54) is 26.4 Å². The zero-order valence-corrected chi connectivity index (χ0v) is 20.2. The number of anilines is 1. The number of ether oxygens (including phenoxy) is 3. The van der Waals surface area contributed by atoms with Crippen molar-refractivity contribution in [3.63, 3.8) is 0 Å². The van der Waals surface area contributed by atoms with E-state index in [0.29, 0.717) is 29.7 Å². The standard InChI is InChI=1S/C24H25N3O7S/c1-32-23(30)18-15(19(24(31)33-2)35-20(18)25)12-34-22(29)13-8-9-14-16(11-13)26-17-7-5-3-4-6-10-27(17)21(14)28/h8-9,11H,3-7,10,12,25H2,1-2H3. The molecular weight excluding hydrogens is 474 g/mol. The third-order valence-corrected chi connectivity index (χ3v) is 6.99. The van der Waals surface area contributed by atoms with Gasteiger partial charge in [-0.3, -0.25) is 9.36 Å². The van der Waals surface area contributed by atoms with E-state index in [1.807, 2.05) is 0 Å². The minimum absolute atomic E-state index is 0.0440. The number of aryl methyl sites for hydroxylation is 1. The second-order valence-electron chi connectivity index (χ2n) is 8.09. The van der Waals surface area contributed by atoms with Crippen molar-refractivity contribution in [2.75, 3.05) is 20.0 Å². The summed E-state index contributed by atoms with van der Waals surface area (Å²) >= 11 is 0.849. The lowest BCUT2D eigenvalue weighted by Gasteiger charge is -2.16. The van der Waals surface area contributed by atoms with Gasteiger partial charge in [0.1, 0.15) is 27.9 Å². The second-order valence-corrected chi connectivity index (χ2v) is 9.14. The molecule has 0 unspecified atom stereocenters. The van der Waals surface area contributed by atoms with Gasteiger partial charge >= 0.3 is 17.9 Å². The molecule has 184 valence electrons. The van der Waals surface area contributed by atoms with Crippen LogP contribution in [-0.4, -0.2) is 41.7 Å². The lowest BCUT2D eigenvalue weighted by atomic mass is 10.1. The van der Waals surface area contributed by atoms with Gasteiger partial charge in [0.05, 0.1) is 30.7 Å². The quantitative estimate of drug-likeness (QED) is 0.414. The molecule has 0 radical (unpaired) electrons. The van der Waals surface area contributed by atoms with E-state index >= 15 is 0 Å². The highest BCUT2D eigenvalue weighted by atomic mass is 32.1. The number of benzene rings is 1. The number of aromatic nitrogens is 2. The monoisotopic (exact) mass is 499 g/mol. The van der Waals surface area contributed by atoms with E-state index in [2.05, 4.69) is 4.98 Å². The number of methoxy groups -OCH3 is 2. The molecule has 0 saturated heterocycles. The van der Waals surface area contributed by atoms with Crippen LogP contribution in [0.2, 0.25) is 0 Å². The Labute approximate surface area is 204 Å². The van der Waals surface area contributed by atoms with Gasteiger partial charge < -0.3 is 19.9 Å². The zero-order chi connectivity index (χ0) is 25.1. The topological polar surface area (TPSA) is 140 Å². The summed E-state index contributed by atoms with van der Waals surface area (Å²) in [6.07, 6.45) is 4.76. The summed E-state index contributed by atoms with van der Waals surface area (Å²) in [7, 11) is 2.37. The van der Waals surface area contributed by atoms with Gasteiger partial charge in [-0.25, -0.2) is 19.4 Å². The first-order chi connectivity index (χ1) is 16.8. The van der Waals surface area contributed by atoms with Crippen LogP contribution in [-0.2, 0) is 33.8 Å². The average molecular weight is 500 g/mol. The fourth-order valence-corrected chi connectivity index (χ4v) is 5.13. The first-order valence-corrected chi connectivity index (χ1v) is 12.0. The number of esters is 3. The minimum Gasteiger partial charge on any atom is -0.465 e. The predicted molar refractivity (Wildman–Crippen MR) is 129 cm³/mol. The summed E-state index contributed by atoms with van der Waals surface area (Å²) in [6.45, 7) is 0.232. The molecule has 0 spiro atoms. The van der Waals surface area contributed by atoms with Gasteiger partial charge in [-0.2, -0.15) is 0 Å². The SMILES string of the molecule is COC(=O)c1sc(N)c(C(=O)OC)c1COC(=O)c1ccc2c(=O)n3c(nc2c1)CCCCCC3. The highest BCUT2D eigenvalue weighted by molar-refractivity contribution is 7.18. The maximum absolute atomic E-state index is 13.0. The number of nitrogens with zero attached hydrogens (tertiary/aromatic N) is 2. The zero-order valence-electron chi connectivity index (χ0n) is 19.4. The first-order valence-electron chi connectivity index (χ1n) is 11.1. The maximum Gasteiger partial charge on any atom is 0.348 e. The molecule has 11 heteroatoms. The third-order valence-electron chi connectivity index (χ3n) is 5.94. The van der Waals surface area contributed by atoms with Crippen LogP contribution < -0.4 is 11.3 Å². The molecule has 2 aromatic heterocycles. The van der Waals surface area contributed by atoms with Crippen molar-refractivity contribution in [2.45, 2.75) is 45.3 Å². The molecular formula is C24H25N3O7S. The van der Waals surface area contributed by atoms with E-state index in [-0.39, 0.29) is 32.1 Å². The minimum atomic E-state index is -0.758. The number of nitrogens with two attached hydrogens (primary N) is 1. The summed E-state index contributed by atoms with van der Waals surface area (Å²) < 4.78 is 16.6. The van der Waals surface area contributed by atoms with E-state index in [9.17, 15) is 19.2 Å². The van der Waals surface area contributed by atoms with E-state index < -0.39 is 24.5 Å². The molecule has 0 amide bonds. The Morgan fingerprint density at radius 3 is 2.54 bits per heavy atom. The number of fused-ring (bicyclic) bond motifs is 2. The van der Waals surface area contributed by atoms with Crippen molar-refractivity contribution in [3.05, 3.63) is 55.9 Å². The van der Waals surface area contributed by atoms with Gasteiger partial charge in [-0.15, -0.1) is 11.3 Å². The molecule has 0 fully saturated rings. The van der Waals surface area contributed by atoms with Crippen molar-refractivity contribution in [1.29, 1.82) is 0 Å². The summed E-state index contributed by atoms with van der Waals surface area (Å²) in [5, 5.41) is 0.479. The van der Waals surface area contributed by atoms with Crippen LogP contribution in [0.3, 0.4) is 0 Å². The first kappa shape index (κ1) is 24.4. The summed E-state index contributed by atoms with van der Waals surface area (Å²) in [4.78, 5) is 54.9. The van der Waals surface area contributed by atoms with Crippen LogP contribution >= 0.6 is 11.3 Å². The molecule has 2 N–H and O–H groups in total. The van der Waals surface area contributed by atoms with Crippen molar-refractivity contribution >= 4 is 45.1 Å². The van der Waals surface area contributed by atoms with E-state index in [4.69, 9.17) is 19.9 Å². The van der Waals surface area contributed by atoms with Crippen molar-refractivity contribution in [2.24, 2.45) is 0 Å². The van der Waals surface area contributed by atoms with Crippen molar-refractivity contribution in [1.82, 2.24) is 9.55 Å². The average Bonchev–Trinajstić information content (AvgIpc) is 3.18. The fourth-order valence-electron chi connectivity index (χ4n) is 4.15. The third kappa shape index (κ3) is 4.76. The Bertz CT molecular complexity index is 1380. The van der Waals surface area contributed by atoms with E-state index in [0.717, 1.165) is 37.0 Å². The molecule has 0 aliphatic carbocycles. The normalized spacial score (nSPS) is 13.4. The number of hydrogen-bond donors (Lipinski definition) is 1. The molecule has 1 aromatic carbocycles. The Hall–Kier alpha value is -3.73. The van der Waals surface area contributed by atoms with E-state index in [1.54, 1.807) is 10.6 Å². The summed E-state index contributed by atoms with van der Waals surface area (Å²) in [6, 6.07) is 4.58. The van der Waals surface area contributed by atoms with Gasteiger partial charge in [0.15, 0.2) is 0 Å². The van der Waals surface area contributed by atoms with Gasteiger partial charge in [-0.1, -0.05) is 12.8 Å². The Balaban J connectivity index is 1.63. The molecule has 4 rings (SSSR count). The lowest BCUT2D eigenvalue weighted by molar-refractivity contribution is 0.0453. The summed E-state index contributed by atoms with van der Waals surface area (Å²) in [5.41, 5.74) is 6.46. The number of hydrogen-bond acceptors (Lipinski definition) is 10. The highest BCUT2D eigenvalue weighted by Gasteiger charge is 2.28. The highest BCUT2D eigenvalue weighted by Crippen LogP contribution is 2.33. The molecule has 0 atom stereocenters. The van der Waals surface area contributed by atoms with Crippen LogP contribution in [0.15, 0.2) is 23.0 Å². The smallest absolute Gasteiger partial charge is 0.348 e. The Morgan fingerprint density at radius 1 is 1.06 bits per heavy atom. The van der Waals surface area contributed by atoms with Crippen molar-refractivity contribution in [3.8, 4) is 0 Å². The van der Waals surface area contributed by atoms with Crippen LogP contribution in [0, 0.1) is 0 Å². The van der Waals surface area contributed by atoms with Crippen LogP contribution in [0.4, 0.5) is 5.00 Å². The van der Waals surface area contributed by atoms with Crippen LogP contribution in [0.1, 0.15) is 67.5 Å². The molecule has 1 aliphatic heterocycles. The van der Waals surface area contributed by atoms with Gasteiger partial charge in [-0.05, 0) is 31.0 Å². The lowest BCUT2D eigenvalue weighted by Crippen LogP contribution is -2.26. The maximum atomic E-state index is 13.0. The molecule has 3 aromatic rings. The second kappa shape index (κ2) is 10.3. The molecule has 0 bridgehead atoms. The number of carbonyl (C=O) groups is 3. The number of rotatable bonds is 5. The molecule has 0 saturated carbocycles. The Morgan fingerprint density at radius 2 is 1.80 bits per heavy atom. The molecule has 35 heavy (non-hydrogen) atoms. The van der Waals surface area contributed by atoms with Crippen LogP contribution in [0.5, 0.6) is 0 Å². The fraction of sp³-hybridized carbons (Fsp3) is 0.375. The number of thiophene rings is 1. The van der Waals surface area contributed by atoms with Gasteiger partial charge in [0, 0.05) is 18.5 Å². The molecule has 1 aliphatic rings.